The van der Waals surface area contributed by atoms with Gasteiger partial charge >= 0.3 is 0 Å². The van der Waals surface area contributed by atoms with Gasteiger partial charge in [0.05, 0.1) is 29.2 Å². The molecule has 1 fully saturated rings. The third-order valence-electron chi connectivity index (χ3n) is 5.14. The summed E-state index contributed by atoms with van der Waals surface area (Å²) in [5.74, 6) is -0.445. The highest BCUT2D eigenvalue weighted by molar-refractivity contribution is 7.14. The van der Waals surface area contributed by atoms with Gasteiger partial charge in [-0.25, -0.2) is 0 Å². The fraction of sp³-hybridized carbons (Fsp3) is 0.667. The predicted molar refractivity (Wildman–Crippen MR) is 97.2 cm³/mol. The number of carbonyl (C=O) groups is 2. The molecule has 8 heteroatoms. The van der Waals surface area contributed by atoms with E-state index >= 15 is 0 Å². The van der Waals surface area contributed by atoms with Crippen LogP contribution in [0.1, 0.15) is 46.8 Å². The van der Waals surface area contributed by atoms with Crippen molar-refractivity contribution in [2.75, 3.05) is 32.9 Å². The number of fused-ring (bicyclic) bond motifs is 2. The number of amides is 2. The van der Waals surface area contributed by atoms with Gasteiger partial charge in [0.2, 0.25) is 5.91 Å². The Morgan fingerprint density at radius 2 is 2.04 bits per heavy atom. The Balaban J connectivity index is 1.80. The van der Waals surface area contributed by atoms with Crippen LogP contribution in [0, 0.1) is 0 Å². The highest BCUT2D eigenvalue weighted by Gasteiger charge is 2.43. The van der Waals surface area contributed by atoms with E-state index in [0.717, 1.165) is 16.9 Å². The van der Waals surface area contributed by atoms with Crippen LogP contribution in [-0.2, 0) is 21.6 Å². The Hall–Kier alpha value is -1.48. The number of aliphatic hydroxyl groups is 2. The van der Waals surface area contributed by atoms with Crippen molar-refractivity contribution in [1.29, 1.82) is 0 Å². The molecule has 144 valence electrons. The summed E-state index contributed by atoms with van der Waals surface area (Å²) in [6, 6.07) is 1.91. The van der Waals surface area contributed by atoms with Crippen LogP contribution >= 0.6 is 11.3 Å². The number of likely N-dealkylation sites (tertiary alicyclic amines) is 1. The van der Waals surface area contributed by atoms with Crippen LogP contribution in [-0.4, -0.2) is 65.4 Å². The van der Waals surface area contributed by atoms with Crippen molar-refractivity contribution in [1.82, 2.24) is 10.2 Å². The molecule has 0 saturated carbocycles. The van der Waals surface area contributed by atoms with E-state index in [2.05, 4.69) is 5.32 Å². The van der Waals surface area contributed by atoms with E-state index in [9.17, 15) is 14.7 Å². The molecule has 1 spiro atoms. The zero-order valence-corrected chi connectivity index (χ0v) is 16.0. The maximum Gasteiger partial charge on any atom is 0.261 e. The molecule has 3 rings (SSSR count). The monoisotopic (exact) mass is 382 g/mol. The molecule has 0 aliphatic carbocycles. The lowest BCUT2D eigenvalue weighted by Crippen LogP contribution is -2.48. The highest BCUT2D eigenvalue weighted by atomic mass is 32.1. The van der Waals surface area contributed by atoms with Crippen molar-refractivity contribution in [2.24, 2.45) is 0 Å². The summed E-state index contributed by atoms with van der Waals surface area (Å²) in [5.41, 5.74) is -0.0792. The van der Waals surface area contributed by atoms with Gasteiger partial charge < -0.3 is 25.2 Å². The first-order valence-electron chi connectivity index (χ1n) is 8.89. The third kappa shape index (κ3) is 3.64. The Labute approximate surface area is 157 Å². The Morgan fingerprint density at radius 3 is 2.65 bits per heavy atom. The number of nitrogens with zero attached hydrogens (tertiary/aromatic N) is 1. The molecule has 26 heavy (non-hydrogen) atoms. The van der Waals surface area contributed by atoms with Crippen molar-refractivity contribution >= 4 is 23.2 Å². The van der Waals surface area contributed by atoms with E-state index < -0.39 is 17.7 Å². The van der Waals surface area contributed by atoms with E-state index in [0.29, 0.717) is 37.4 Å². The fourth-order valence-electron chi connectivity index (χ4n) is 3.57. The molecule has 1 saturated heterocycles. The Bertz CT molecular complexity index is 692. The summed E-state index contributed by atoms with van der Waals surface area (Å²) < 4.78 is 6.14. The maximum atomic E-state index is 12.6. The minimum absolute atomic E-state index is 0.133. The normalized spacial score (nSPS) is 19.3. The summed E-state index contributed by atoms with van der Waals surface area (Å²) in [7, 11) is 0. The molecule has 1 aromatic rings. The van der Waals surface area contributed by atoms with Crippen LogP contribution in [0.5, 0.6) is 0 Å². The Kier molecular flexibility index (Phi) is 5.39. The van der Waals surface area contributed by atoms with Crippen LogP contribution in [0.15, 0.2) is 6.07 Å². The van der Waals surface area contributed by atoms with Crippen molar-refractivity contribution < 1.29 is 24.5 Å². The first kappa shape index (κ1) is 19.3. The number of rotatable bonds is 4. The second-order valence-corrected chi connectivity index (χ2v) is 8.71. The summed E-state index contributed by atoms with van der Waals surface area (Å²) in [4.78, 5) is 27.7. The molecule has 0 unspecified atom stereocenters. The number of ether oxygens (including phenoxy) is 1. The van der Waals surface area contributed by atoms with Gasteiger partial charge in [-0.3, -0.25) is 9.59 Å². The predicted octanol–water partition coefficient (Wildman–Crippen LogP) is 0.631. The van der Waals surface area contributed by atoms with Crippen LogP contribution < -0.4 is 5.32 Å². The minimum atomic E-state index is -0.675. The number of thiophene rings is 1. The van der Waals surface area contributed by atoms with Crippen LogP contribution in [0.4, 0.5) is 0 Å². The largest absolute Gasteiger partial charge is 0.394 e. The van der Waals surface area contributed by atoms with Gasteiger partial charge in [0.25, 0.3) is 5.91 Å². The molecule has 2 aliphatic rings. The standard InChI is InChI=1S/C18H26N2O5S/c1-17(2,11-22)19-16(24)14-9-12-13(26-14)3-8-25-18(12)4-6-20(7-5-18)15(23)10-21/h9,21-22H,3-8,10-11H2,1-2H3,(H,19,24). The SMILES string of the molecule is CC(C)(CO)NC(=O)c1cc2c(s1)CCOC21CCN(C(=O)CO)CC1. The lowest BCUT2D eigenvalue weighted by Gasteiger charge is -2.43. The quantitative estimate of drug-likeness (QED) is 0.709. The summed E-state index contributed by atoms with van der Waals surface area (Å²) >= 11 is 1.48. The lowest BCUT2D eigenvalue weighted by atomic mass is 9.82. The molecule has 0 bridgehead atoms. The zero-order chi connectivity index (χ0) is 18.9. The number of piperidine rings is 1. The van der Waals surface area contributed by atoms with Crippen LogP contribution in [0.3, 0.4) is 0 Å². The smallest absolute Gasteiger partial charge is 0.261 e. The van der Waals surface area contributed by atoms with E-state index in [-0.39, 0.29) is 18.4 Å². The van der Waals surface area contributed by atoms with Gasteiger partial charge in [0.1, 0.15) is 6.61 Å². The lowest BCUT2D eigenvalue weighted by molar-refractivity contribution is -0.143. The molecular formula is C18H26N2O5S. The molecule has 1 aromatic heterocycles. The average molecular weight is 382 g/mol. The van der Waals surface area contributed by atoms with Crippen molar-refractivity contribution in [3.63, 3.8) is 0 Å². The number of aliphatic hydroxyl groups excluding tert-OH is 2. The minimum Gasteiger partial charge on any atom is -0.394 e. The molecule has 2 amide bonds. The van der Waals surface area contributed by atoms with Gasteiger partial charge in [-0.15, -0.1) is 11.3 Å². The molecular weight excluding hydrogens is 356 g/mol. The van der Waals surface area contributed by atoms with Crippen molar-refractivity contribution in [3.05, 3.63) is 21.4 Å². The fourth-order valence-corrected chi connectivity index (χ4v) is 4.69. The van der Waals surface area contributed by atoms with Gasteiger partial charge in [0, 0.05) is 24.4 Å². The molecule has 0 radical (unpaired) electrons. The molecule has 0 aromatic carbocycles. The van der Waals surface area contributed by atoms with Crippen molar-refractivity contribution in [2.45, 2.75) is 44.2 Å². The first-order valence-corrected chi connectivity index (χ1v) is 9.71. The molecule has 0 atom stereocenters. The Morgan fingerprint density at radius 1 is 1.35 bits per heavy atom. The third-order valence-corrected chi connectivity index (χ3v) is 6.33. The number of nitrogens with one attached hydrogen (secondary N) is 1. The number of hydrogen-bond donors (Lipinski definition) is 3. The van der Waals surface area contributed by atoms with Gasteiger partial charge in [0.15, 0.2) is 0 Å². The summed E-state index contributed by atoms with van der Waals surface area (Å²) in [5, 5.41) is 21.3. The summed E-state index contributed by atoms with van der Waals surface area (Å²) in [6.45, 7) is 4.62. The molecule has 2 aliphatic heterocycles. The van der Waals surface area contributed by atoms with Gasteiger partial charge in [-0.05, 0) is 38.3 Å². The number of carbonyl (C=O) groups excluding carboxylic acids is 2. The molecule has 3 N–H and O–H groups in total. The van der Waals surface area contributed by atoms with Crippen LogP contribution in [0.2, 0.25) is 0 Å². The van der Waals surface area contributed by atoms with E-state index in [1.807, 2.05) is 6.07 Å². The highest BCUT2D eigenvalue weighted by Crippen LogP contribution is 2.44. The second-order valence-electron chi connectivity index (χ2n) is 7.58. The van der Waals surface area contributed by atoms with Crippen molar-refractivity contribution in [3.8, 4) is 0 Å². The van der Waals surface area contributed by atoms with Gasteiger partial charge in [-0.2, -0.15) is 0 Å². The van der Waals surface area contributed by atoms with Gasteiger partial charge in [-0.1, -0.05) is 0 Å². The van der Waals surface area contributed by atoms with E-state index in [4.69, 9.17) is 9.84 Å². The molecule has 3 heterocycles. The average Bonchev–Trinajstić information content (AvgIpc) is 3.08. The molecule has 7 nitrogen and oxygen atoms in total. The summed E-state index contributed by atoms with van der Waals surface area (Å²) in [6.07, 6.45) is 2.09. The topological polar surface area (TPSA) is 99.1 Å². The zero-order valence-electron chi connectivity index (χ0n) is 15.2. The van der Waals surface area contributed by atoms with Crippen LogP contribution in [0.25, 0.3) is 0 Å². The van der Waals surface area contributed by atoms with E-state index in [1.54, 1.807) is 18.7 Å². The maximum absolute atomic E-state index is 12.6. The second kappa shape index (κ2) is 7.26. The first-order chi connectivity index (χ1) is 12.3. The van der Waals surface area contributed by atoms with E-state index in [1.165, 1.54) is 11.3 Å². The number of hydrogen-bond acceptors (Lipinski definition) is 6.